The van der Waals surface area contributed by atoms with E-state index in [1.165, 1.54) is 25.3 Å². The number of fused-ring (bicyclic) bond motifs is 1. The summed E-state index contributed by atoms with van der Waals surface area (Å²) in [4.78, 5) is 42.0. The number of halogens is 1. The van der Waals surface area contributed by atoms with E-state index in [4.69, 9.17) is 9.97 Å². The fourth-order valence-corrected chi connectivity index (χ4v) is 4.78. The molecule has 3 N–H and O–H groups in total. The first kappa shape index (κ1) is 22.4. The molecule has 12 heteroatoms. The van der Waals surface area contributed by atoms with Crippen LogP contribution in [0.2, 0.25) is 0 Å². The molecule has 186 valence electrons. The lowest BCUT2D eigenvalue weighted by molar-refractivity contribution is -0.129. The van der Waals surface area contributed by atoms with Crippen molar-refractivity contribution >= 4 is 35.1 Å². The zero-order valence-electron chi connectivity index (χ0n) is 19.8. The van der Waals surface area contributed by atoms with Gasteiger partial charge in [-0.05, 0) is 37.8 Å². The van der Waals surface area contributed by atoms with Gasteiger partial charge in [0.05, 0.1) is 30.7 Å². The van der Waals surface area contributed by atoms with Crippen LogP contribution in [0.4, 0.5) is 27.7 Å². The number of aromatic amines is 1. The molecule has 0 spiro atoms. The Balaban J connectivity index is 1.29. The van der Waals surface area contributed by atoms with Crippen LogP contribution in [0.15, 0.2) is 24.4 Å². The van der Waals surface area contributed by atoms with Crippen LogP contribution in [-0.2, 0) is 22.7 Å². The molecule has 0 bridgehead atoms. The fourth-order valence-electron chi connectivity index (χ4n) is 4.78. The Labute approximate surface area is 206 Å². The highest BCUT2D eigenvalue weighted by Gasteiger charge is 2.35. The van der Waals surface area contributed by atoms with Gasteiger partial charge in [-0.3, -0.25) is 14.7 Å². The first-order chi connectivity index (χ1) is 17.4. The zero-order valence-corrected chi connectivity index (χ0v) is 19.8. The van der Waals surface area contributed by atoms with Gasteiger partial charge < -0.3 is 20.4 Å². The monoisotopic (exact) mass is 491 g/mol. The van der Waals surface area contributed by atoms with Gasteiger partial charge in [0.1, 0.15) is 11.9 Å². The van der Waals surface area contributed by atoms with Gasteiger partial charge in [-0.2, -0.15) is 14.5 Å². The molecule has 1 atom stereocenters. The molecule has 1 aliphatic carbocycles. The minimum atomic E-state index is -0.608. The highest BCUT2D eigenvalue weighted by atomic mass is 19.1. The quantitative estimate of drug-likeness (QED) is 0.449. The molecule has 2 amide bonds. The molecule has 0 radical (unpaired) electrons. The topological polar surface area (TPSA) is 132 Å². The van der Waals surface area contributed by atoms with Gasteiger partial charge in [0.25, 0.3) is 0 Å². The number of nitrogens with one attached hydrogen (secondary N) is 3. The molecule has 1 saturated heterocycles. The van der Waals surface area contributed by atoms with Crippen molar-refractivity contribution in [3.63, 3.8) is 0 Å². The van der Waals surface area contributed by atoms with Crippen LogP contribution >= 0.6 is 0 Å². The maximum absolute atomic E-state index is 13.1. The summed E-state index contributed by atoms with van der Waals surface area (Å²) in [5.41, 5.74) is 3.12. The van der Waals surface area contributed by atoms with Crippen molar-refractivity contribution < 1.29 is 14.0 Å². The summed E-state index contributed by atoms with van der Waals surface area (Å²) in [5, 5.41) is 13.6. The van der Waals surface area contributed by atoms with E-state index in [9.17, 15) is 14.0 Å². The van der Waals surface area contributed by atoms with E-state index in [0.717, 1.165) is 36.2 Å². The SMILES string of the molecule is CC(=O)N1Cc2nc(N3CCCC3C(=O)Nc3ccc(F)nc3)nc(Nc3cc(C4CC4)[nH]n3)c2C1. The second-order valence-electron chi connectivity index (χ2n) is 9.49. The van der Waals surface area contributed by atoms with Gasteiger partial charge in [-0.15, -0.1) is 0 Å². The van der Waals surface area contributed by atoms with Gasteiger partial charge >= 0.3 is 0 Å². The van der Waals surface area contributed by atoms with Crippen LogP contribution in [-0.4, -0.2) is 54.5 Å². The Kier molecular flexibility index (Phi) is 5.50. The molecule has 3 aliphatic rings. The molecule has 5 heterocycles. The summed E-state index contributed by atoms with van der Waals surface area (Å²) in [6.07, 6.45) is 5.04. The summed E-state index contributed by atoms with van der Waals surface area (Å²) in [7, 11) is 0. The standard InChI is InChI=1S/C24H26FN9O2/c1-13(35)33-11-16-18(12-33)28-24(30-22(16)29-21-9-17(31-32-21)14-4-5-14)34-8-2-3-19(34)23(36)27-15-6-7-20(25)26-10-15/h6-7,9-10,14,19H,2-5,8,11-12H2,1H3,(H,27,36)(H2,28,29,30,31,32). The van der Waals surface area contributed by atoms with Crippen molar-refractivity contribution in [1.82, 2.24) is 30.0 Å². The summed E-state index contributed by atoms with van der Waals surface area (Å²) in [6.45, 7) is 2.94. The lowest BCUT2D eigenvalue weighted by Crippen LogP contribution is -2.40. The molecule has 2 aliphatic heterocycles. The molecular weight excluding hydrogens is 465 g/mol. The second kappa shape index (κ2) is 8.85. The third-order valence-corrected chi connectivity index (χ3v) is 6.88. The van der Waals surface area contributed by atoms with Crippen molar-refractivity contribution in [2.75, 3.05) is 22.1 Å². The highest BCUT2D eigenvalue weighted by molar-refractivity contribution is 5.97. The zero-order chi connectivity index (χ0) is 24.8. The third-order valence-electron chi connectivity index (χ3n) is 6.88. The molecule has 36 heavy (non-hydrogen) atoms. The molecule has 11 nitrogen and oxygen atoms in total. The van der Waals surface area contributed by atoms with Gasteiger partial charge in [0.15, 0.2) is 5.82 Å². The summed E-state index contributed by atoms with van der Waals surface area (Å²) in [5.74, 6) is 1.32. The predicted octanol–water partition coefficient (Wildman–Crippen LogP) is 2.82. The number of rotatable bonds is 6. The van der Waals surface area contributed by atoms with Crippen molar-refractivity contribution in [2.45, 2.75) is 57.7 Å². The highest BCUT2D eigenvalue weighted by Crippen LogP contribution is 2.40. The lowest BCUT2D eigenvalue weighted by atomic mass is 10.2. The number of amides is 2. The van der Waals surface area contributed by atoms with Crippen molar-refractivity contribution in [1.29, 1.82) is 0 Å². The number of hydrogen-bond donors (Lipinski definition) is 3. The molecule has 6 rings (SSSR count). The van der Waals surface area contributed by atoms with Crippen molar-refractivity contribution in [3.05, 3.63) is 47.3 Å². The second-order valence-corrected chi connectivity index (χ2v) is 9.49. The number of H-pyrrole nitrogens is 1. The maximum atomic E-state index is 13.1. The van der Waals surface area contributed by atoms with E-state index in [2.05, 4.69) is 25.8 Å². The molecule has 1 unspecified atom stereocenters. The number of carbonyl (C=O) groups excluding carboxylic acids is 2. The normalized spacial score (nSPS) is 18.9. The Morgan fingerprint density at radius 3 is 2.78 bits per heavy atom. The first-order valence-electron chi connectivity index (χ1n) is 12.1. The smallest absolute Gasteiger partial charge is 0.247 e. The van der Waals surface area contributed by atoms with E-state index in [1.54, 1.807) is 4.90 Å². The first-order valence-corrected chi connectivity index (χ1v) is 12.1. The van der Waals surface area contributed by atoms with Crippen LogP contribution < -0.4 is 15.5 Å². The van der Waals surface area contributed by atoms with Gasteiger partial charge in [-0.1, -0.05) is 0 Å². The average Bonchev–Trinajstić information content (AvgIpc) is 3.24. The van der Waals surface area contributed by atoms with Crippen LogP contribution in [0, 0.1) is 5.95 Å². The largest absolute Gasteiger partial charge is 0.332 e. The van der Waals surface area contributed by atoms with E-state index in [-0.39, 0.29) is 11.8 Å². The Morgan fingerprint density at radius 1 is 1.17 bits per heavy atom. The van der Waals surface area contributed by atoms with E-state index in [0.29, 0.717) is 55.2 Å². The average molecular weight is 492 g/mol. The predicted molar refractivity (Wildman–Crippen MR) is 129 cm³/mol. The summed E-state index contributed by atoms with van der Waals surface area (Å²) >= 11 is 0. The molecule has 3 aromatic heterocycles. The van der Waals surface area contributed by atoms with Gasteiger partial charge in [-0.25, -0.2) is 9.97 Å². The molecule has 1 saturated carbocycles. The third kappa shape index (κ3) is 4.34. The van der Waals surface area contributed by atoms with Crippen LogP contribution in [0.25, 0.3) is 0 Å². The van der Waals surface area contributed by atoms with E-state index < -0.39 is 12.0 Å². The van der Waals surface area contributed by atoms with Crippen molar-refractivity contribution in [2.24, 2.45) is 0 Å². The van der Waals surface area contributed by atoms with Crippen LogP contribution in [0.3, 0.4) is 0 Å². The number of hydrogen-bond acceptors (Lipinski definition) is 8. The molecule has 3 aromatic rings. The van der Waals surface area contributed by atoms with E-state index in [1.807, 2.05) is 11.0 Å². The lowest BCUT2D eigenvalue weighted by Gasteiger charge is -2.25. The number of pyridine rings is 1. The number of aromatic nitrogens is 5. The van der Waals surface area contributed by atoms with Crippen LogP contribution in [0.1, 0.15) is 55.5 Å². The fraction of sp³-hybridized carbons (Fsp3) is 0.417. The molecule has 0 aromatic carbocycles. The number of carbonyl (C=O) groups is 2. The Morgan fingerprint density at radius 2 is 2.03 bits per heavy atom. The Hall–Kier alpha value is -4.09. The molecule has 2 fully saturated rings. The maximum Gasteiger partial charge on any atom is 0.247 e. The molecular formula is C24H26FN9O2. The van der Waals surface area contributed by atoms with E-state index >= 15 is 0 Å². The number of nitrogens with zero attached hydrogens (tertiary/aromatic N) is 6. The summed E-state index contributed by atoms with van der Waals surface area (Å²) < 4.78 is 13.1. The summed E-state index contributed by atoms with van der Waals surface area (Å²) in [6, 6.07) is 4.18. The minimum absolute atomic E-state index is 0.0392. The van der Waals surface area contributed by atoms with Crippen LogP contribution in [0.5, 0.6) is 0 Å². The minimum Gasteiger partial charge on any atom is -0.332 e. The Bertz CT molecular complexity index is 1320. The number of anilines is 4. The van der Waals surface area contributed by atoms with Crippen molar-refractivity contribution in [3.8, 4) is 0 Å². The van der Waals surface area contributed by atoms with Gasteiger partial charge in [0.2, 0.25) is 23.7 Å². The van der Waals surface area contributed by atoms with Gasteiger partial charge in [0, 0.05) is 36.7 Å².